The molecule has 0 saturated heterocycles. The molecule has 4 nitrogen and oxygen atoms in total. The van der Waals surface area contributed by atoms with Crippen molar-refractivity contribution in [3.63, 3.8) is 0 Å². The van der Waals surface area contributed by atoms with Gasteiger partial charge in [0.2, 0.25) is 0 Å². The van der Waals surface area contributed by atoms with E-state index in [-0.39, 0.29) is 11.3 Å². The molecule has 0 atom stereocenters. The van der Waals surface area contributed by atoms with Gasteiger partial charge in [-0.1, -0.05) is 6.07 Å². The Balaban J connectivity index is 2.69. The van der Waals surface area contributed by atoms with E-state index in [1.807, 2.05) is 0 Å². The van der Waals surface area contributed by atoms with Gasteiger partial charge in [0.15, 0.2) is 5.75 Å². The number of halogens is 2. The fourth-order valence-electron chi connectivity index (χ4n) is 1.51. The van der Waals surface area contributed by atoms with Crippen LogP contribution in [-0.4, -0.2) is 16.4 Å². The van der Waals surface area contributed by atoms with Gasteiger partial charge in [-0.05, 0) is 12.1 Å². The van der Waals surface area contributed by atoms with Crippen molar-refractivity contribution in [3.8, 4) is 5.75 Å². The second-order valence-electron chi connectivity index (χ2n) is 3.03. The first-order valence-electron chi connectivity index (χ1n) is 4.22. The Bertz CT molecular complexity index is 545. The molecule has 0 aliphatic rings. The lowest BCUT2D eigenvalue weighted by Gasteiger charge is -2.06. The largest absolute Gasteiger partial charge is 0.433 e. The van der Waals surface area contributed by atoms with Crippen LogP contribution in [0.1, 0.15) is 0 Å². The van der Waals surface area contributed by atoms with Gasteiger partial charge < -0.3 is 4.74 Å². The minimum Gasteiger partial charge on any atom is -0.433 e. The molecule has 0 bridgehead atoms. The smallest absolute Gasteiger partial charge is 0.387 e. The van der Waals surface area contributed by atoms with Crippen LogP contribution in [0.5, 0.6) is 5.75 Å². The third kappa shape index (κ3) is 1.58. The summed E-state index contributed by atoms with van der Waals surface area (Å²) in [7, 11) is 1.56. The van der Waals surface area contributed by atoms with Crippen molar-refractivity contribution in [1.82, 2.24) is 9.78 Å². The first-order chi connectivity index (χ1) is 7.09. The zero-order chi connectivity index (χ0) is 11.0. The van der Waals surface area contributed by atoms with E-state index in [0.717, 1.165) is 0 Å². The van der Waals surface area contributed by atoms with Gasteiger partial charge in [0.05, 0.1) is 5.39 Å². The lowest BCUT2D eigenvalue weighted by Crippen LogP contribution is -2.03. The van der Waals surface area contributed by atoms with Crippen LogP contribution in [0.2, 0.25) is 0 Å². The van der Waals surface area contributed by atoms with Crippen molar-refractivity contribution < 1.29 is 13.5 Å². The Hall–Kier alpha value is -1.85. The highest BCUT2D eigenvalue weighted by Gasteiger charge is 2.12. The number of alkyl halides is 2. The number of aryl methyl sites for hydroxylation is 1. The van der Waals surface area contributed by atoms with Crippen LogP contribution in [0, 0.1) is 0 Å². The quantitative estimate of drug-likeness (QED) is 0.822. The molecule has 1 N–H and O–H groups in total. The van der Waals surface area contributed by atoms with Crippen molar-refractivity contribution in [2.45, 2.75) is 6.61 Å². The summed E-state index contributed by atoms with van der Waals surface area (Å²) in [5.74, 6) is -0.0108. The summed E-state index contributed by atoms with van der Waals surface area (Å²) < 4.78 is 29.8. The molecule has 0 aliphatic heterocycles. The number of nitrogens with zero attached hydrogens (tertiary/aromatic N) is 1. The number of aromatic nitrogens is 2. The predicted molar refractivity (Wildman–Crippen MR) is 50.2 cm³/mol. The zero-order valence-corrected chi connectivity index (χ0v) is 7.83. The molecule has 80 valence electrons. The summed E-state index contributed by atoms with van der Waals surface area (Å²) in [5, 5.41) is 2.79. The molecule has 6 heteroatoms. The third-order valence-corrected chi connectivity index (χ3v) is 2.06. The van der Waals surface area contributed by atoms with Crippen LogP contribution in [0.3, 0.4) is 0 Å². The Morgan fingerprint density at radius 2 is 2.20 bits per heavy atom. The molecule has 1 heterocycles. The van der Waals surface area contributed by atoms with Crippen LogP contribution in [0.25, 0.3) is 10.9 Å². The minimum atomic E-state index is -2.90. The number of H-pyrrole nitrogens is 1. The Morgan fingerprint density at radius 3 is 2.87 bits per heavy atom. The fourth-order valence-corrected chi connectivity index (χ4v) is 1.51. The normalized spacial score (nSPS) is 11.2. The van der Waals surface area contributed by atoms with Crippen molar-refractivity contribution in [2.75, 3.05) is 0 Å². The number of hydrogen-bond acceptors (Lipinski definition) is 2. The zero-order valence-electron chi connectivity index (χ0n) is 7.83. The number of nitrogens with one attached hydrogen (secondary N) is 1. The second-order valence-corrected chi connectivity index (χ2v) is 3.03. The van der Waals surface area contributed by atoms with E-state index >= 15 is 0 Å². The molecule has 0 radical (unpaired) electrons. The maximum absolute atomic E-state index is 12.1. The summed E-state index contributed by atoms with van der Waals surface area (Å²) in [4.78, 5) is 11.3. The molecule has 0 spiro atoms. The molecule has 0 unspecified atom stereocenters. The Morgan fingerprint density at radius 1 is 1.47 bits per heavy atom. The molecule has 0 amide bonds. The number of aromatic amines is 1. The number of fused-ring (bicyclic) bond motifs is 1. The van der Waals surface area contributed by atoms with Crippen LogP contribution < -0.4 is 10.3 Å². The Kier molecular flexibility index (Phi) is 2.18. The van der Waals surface area contributed by atoms with Gasteiger partial charge in [-0.25, -0.2) is 0 Å². The van der Waals surface area contributed by atoms with E-state index in [2.05, 4.69) is 9.84 Å². The molecule has 0 aliphatic carbocycles. The lowest BCUT2D eigenvalue weighted by atomic mass is 10.2. The summed E-state index contributed by atoms with van der Waals surface area (Å²) in [6, 6.07) is 4.43. The number of ether oxygens (including phenoxy) is 1. The van der Waals surface area contributed by atoms with Crippen LogP contribution in [-0.2, 0) is 7.05 Å². The van der Waals surface area contributed by atoms with Crippen molar-refractivity contribution >= 4 is 10.9 Å². The molecular weight excluding hydrogens is 206 g/mol. The molecule has 1 aromatic heterocycles. The molecular formula is C9H8F2N2O2. The first-order valence-corrected chi connectivity index (χ1v) is 4.22. The Labute approximate surface area is 83.1 Å². The standard InChI is InChI=1S/C9H8F2N2O2/c1-13-7-5(8(14)12-13)3-2-4-6(7)15-9(10)11/h2-4,9H,1H3,(H,12,14). The van der Waals surface area contributed by atoms with E-state index in [9.17, 15) is 13.6 Å². The molecule has 1 aromatic carbocycles. The summed E-state index contributed by atoms with van der Waals surface area (Å²) in [6.07, 6.45) is 0. The highest BCUT2D eigenvalue weighted by molar-refractivity contribution is 5.84. The molecule has 0 fully saturated rings. The van der Waals surface area contributed by atoms with Crippen molar-refractivity contribution in [2.24, 2.45) is 7.05 Å². The summed E-state index contributed by atoms with van der Waals surface area (Å²) >= 11 is 0. The summed E-state index contributed by atoms with van der Waals surface area (Å²) in [6.45, 7) is -2.90. The van der Waals surface area contributed by atoms with Gasteiger partial charge in [0.1, 0.15) is 5.52 Å². The van der Waals surface area contributed by atoms with Crippen molar-refractivity contribution in [3.05, 3.63) is 28.6 Å². The van der Waals surface area contributed by atoms with Gasteiger partial charge >= 0.3 is 6.61 Å². The molecule has 2 aromatic rings. The van der Waals surface area contributed by atoms with Crippen LogP contribution in [0.15, 0.2) is 23.0 Å². The molecule has 2 rings (SSSR count). The van der Waals surface area contributed by atoms with Crippen LogP contribution in [0.4, 0.5) is 8.78 Å². The third-order valence-electron chi connectivity index (χ3n) is 2.06. The number of rotatable bonds is 2. The van der Waals surface area contributed by atoms with Gasteiger partial charge in [0, 0.05) is 7.05 Å². The highest BCUT2D eigenvalue weighted by Crippen LogP contribution is 2.23. The number of para-hydroxylation sites is 1. The van der Waals surface area contributed by atoms with E-state index in [4.69, 9.17) is 0 Å². The average Bonchev–Trinajstić information content (AvgIpc) is 2.43. The van der Waals surface area contributed by atoms with Gasteiger partial charge in [-0.3, -0.25) is 14.6 Å². The van der Waals surface area contributed by atoms with E-state index in [1.165, 1.54) is 16.8 Å². The topological polar surface area (TPSA) is 47.0 Å². The highest BCUT2D eigenvalue weighted by atomic mass is 19.3. The summed E-state index contributed by atoms with van der Waals surface area (Å²) in [5.41, 5.74) is 0.00927. The second kappa shape index (κ2) is 3.38. The number of hydrogen-bond donors (Lipinski definition) is 1. The predicted octanol–water partition coefficient (Wildman–Crippen LogP) is 1.47. The fraction of sp³-hybridized carbons (Fsp3) is 0.222. The SMILES string of the molecule is Cn1[nH]c(=O)c2cccc(OC(F)F)c21. The monoisotopic (exact) mass is 214 g/mol. The lowest BCUT2D eigenvalue weighted by molar-refractivity contribution is -0.0490. The van der Waals surface area contributed by atoms with Crippen molar-refractivity contribution in [1.29, 1.82) is 0 Å². The molecule has 15 heavy (non-hydrogen) atoms. The maximum Gasteiger partial charge on any atom is 0.387 e. The van der Waals surface area contributed by atoms with E-state index < -0.39 is 6.61 Å². The number of benzene rings is 1. The van der Waals surface area contributed by atoms with E-state index in [1.54, 1.807) is 13.1 Å². The first kappa shape index (κ1) is 9.70. The average molecular weight is 214 g/mol. The molecule has 0 saturated carbocycles. The van der Waals surface area contributed by atoms with Crippen LogP contribution >= 0.6 is 0 Å². The minimum absolute atomic E-state index is 0.0108. The van der Waals surface area contributed by atoms with Gasteiger partial charge in [0.25, 0.3) is 5.56 Å². The maximum atomic E-state index is 12.1. The van der Waals surface area contributed by atoms with E-state index in [0.29, 0.717) is 10.9 Å². The van der Waals surface area contributed by atoms with Gasteiger partial charge in [-0.2, -0.15) is 8.78 Å². The van der Waals surface area contributed by atoms with Gasteiger partial charge in [-0.15, -0.1) is 0 Å².